The molecule has 2 heterocycles. The lowest BCUT2D eigenvalue weighted by atomic mass is 9.99. The molecule has 4 heteroatoms. The number of morpholine rings is 1. The summed E-state index contributed by atoms with van der Waals surface area (Å²) in [4.78, 5) is 2.44. The smallest absolute Gasteiger partial charge is 0.123 e. The molecule has 2 unspecified atom stereocenters. The Hall–Kier alpha value is -0.970. The van der Waals surface area contributed by atoms with Crippen LogP contribution >= 0.6 is 0 Å². The largest absolute Gasteiger partial charge is 0.378 e. The zero-order chi connectivity index (χ0) is 11.7. The normalized spacial score (nSPS) is 29.9. The minimum atomic E-state index is -0.155. The van der Waals surface area contributed by atoms with E-state index in [1.54, 1.807) is 12.1 Å². The zero-order valence-electron chi connectivity index (χ0n) is 9.73. The Bertz CT molecular complexity index is 397. The Balaban J connectivity index is 1.85. The Morgan fingerprint density at radius 3 is 3.18 bits per heavy atom. The summed E-state index contributed by atoms with van der Waals surface area (Å²) < 4.78 is 18.8. The molecule has 0 aromatic heterocycles. The van der Waals surface area contributed by atoms with Gasteiger partial charge >= 0.3 is 0 Å². The Morgan fingerprint density at radius 2 is 2.29 bits per heavy atom. The van der Waals surface area contributed by atoms with E-state index in [9.17, 15) is 4.39 Å². The molecule has 3 rings (SSSR count). The Labute approximate surface area is 101 Å². The van der Waals surface area contributed by atoms with Crippen molar-refractivity contribution in [1.82, 2.24) is 10.2 Å². The summed E-state index contributed by atoms with van der Waals surface area (Å²) in [6, 6.07) is 7.63. The van der Waals surface area contributed by atoms with Gasteiger partial charge in [0.05, 0.1) is 13.2 Å². The number of benzene rings is 1. The highest BCUT2D eigenvalue weighted by atomic mass is 19.1. The number of piperazine rings is 1. The number of fused-ring (bicyclic) bond motifs is 1. The molecule has 2 fully saturated rings. The van der Waals surface area contributed by atoms with Gasteiger partial charge in [0.25, 0.3) is 0 Å². The maximum absolute atomic E-state index is 13.3. The molecule has 0 saturated carbocycles. The summed E-state index contributed by atoms with van der Waals surface area (Å²) in [5, 5.41) is 3.41. The van der Waals surface area contributed by atoms with Crippen molar-refractivity contribution in [2.24, 2.45) is 0 Å². The molecule has 3 nitrogen and oxygen atoms in total. The van der Waals surface area contributed by atoms with Gasteiger partial charge in [0.2, 0.25) is 0 Å². The summed E-state index contributed by atoms with van der Waals surface area (Å²) in [7, 11) is 0. The molecule has 92 valence electrons. The lowest BCUT2D eigenvalue weighted by Gasteiger charge is -2.45. The second-order valence-corrected chi connectivity index (χ2v) is 4.70. The van der Waals surface area contributed by atoms with Crippen LogP contribution in [0.25, 0.3) is 0 Å². The maximum atomic E-state index is 13.3. The first-order valence-electron chi connectivity index (χ1n) is 6.14. The molecule has 1 N–H and O–H groups in total. The molecule has 2 aliphatic heterocycles. The SMILES string of the molecule is Fc1cccc(C2CNCC3COCCN32)c1. The van der Waals surface area contributed by atoms with Crippen LogP contribution in [-0.2, 0) is 4.74 Å². The average Bonchev–Trinajstić information content (AvgIpc) is 2.38. The topological polar surface area (TPSA) is 24.5 Å². The van der Waals surface area contributed by atoms with Crippen molar-refractivity contribution in [3.05, 3.63) is 35.6 Å². The molecule has 1 aromatic carbocycles. The van der Waals surface area contributed by atoms with Crippen LogP contribution in [0.15, 0.2) is 24.3 Å². The second-order valence-electron chi connectivity index (χ2n) is 4.70. The highest BCUT2D eigenvalue weighted by molar-refractivity contribution is 5.21. The Kier molecular flexibility index (Phi) is 3.09. The van der Waals surface area contributed by atoms with E-state index in [0.29, 0.717) is 6.04 Å². The maximum Gasteiger partial charge on any atom is 0.123 e. The highest BCUT2D eigenvalue weighted by Gasteiger charge is 2.33. The van der Waals surface area contributed by atoms with Gasteiger partial charge < -0.3 is 10.1 Å². The van der Waals surface area contributed by atoms with Crippen LogP contribution in [0.2, 0.25) is 0 Å². The molecule has 17 heavy (non-hydrogen) atoms. The molecular formula is C13H17FN2O. The molecule has 0 spiro atoms. The van der Waals surface area contributed by atoms with Gasteiger partial charge in [-0.25, -0.2) is 4.39 Å². The zero-order valence-corrected chi connectivity index (χ0v) is 9.73. The predicted octanol–water partition coefficient (Wildman–Crippen LogP) is 1.17. The summed E-state index contributed by atoms with van der Waals surface area (Å²) in [5.74, 6) is -0.155. The van der Waals surface area contributed by atoms with Crippen molar-refractivity contribution in [1.29, 1.82) is 0 Å². The summed E-state index contributed by atoms with van der Waals surface area (Å²) in [6.45, 7) is 4.35. The van der Waals surface area contributed by atoms with E-state index in [0.717, 1.165) is 38.4 Å². The molecule has 0 bridgehead atoms. The van der Waals surface area contributed by atoms with Crippen molar-refractivity contribution >= 4 is 0 Å². The van der Waals surface area contributed by atoms with Gasteiger partial charge in [-0.2, -0.15) is 0 Å². The minimum Gasteiger partial charge on any atom is -0.378 e. The van der Waals surface area contributed by atoms with Gasteiger partial charge in [-0.3, -0.25) is 4.90 Å². The van der Waals surface area contributed by atoms with Gasteiger partial charge in [0.15, 0.2) is 0 Å². The van der Waals surface area contributed by atoms with E-state index in [2.05, 4.69) is 10.2 Å². The quantitative estimate of drug-likeness (QED) is 0.792. The predicted molar refractivity (Wildman–Crippen MR) is 63.3 cm³/mol. The van der Waals surface area contributed by atoms with E-state index in [1.165, 1.54) is 6.07 Å². The third-order valence-electron chi connectivity index (χ3n) is 3.62. The van der Waals surface area contributed by atoms with E-state index in [1.807, 2.05) is 6.07 Å². The van der Waals surface area contributed by atoms with Crippen LogP contribution in [0.3, 0.4) is 0 Å². The first-order valence-corrected chi connectivity index (χ1v) is 6.14. The van der Waals surface area contributed by atoms with Crippen molar-refractivity contribution in [2.75, 3.05) is 32.8 Å². The van der Waals surface area contributed by atoms with Crippen LogP contribution < -0.4 is 5.32 Å². The van der Waals surface area contributed by atoms with Crippen molar-refractivity contribution in [3.63, 3.8) is 0 Å². The summed E-state index contributed by atoms with van der Waals surface area (Å²) in [5.41, 5.74) is 1.06. The number of nitrogens with one attached hydrogen (secondary N) is 1. The number of hydrogen-bond acceptors (Lipinski definition) is 3. The second kappa shape index (κ2) is 4.72. The molecule has 0 amide bonds. The molecular weight excluding hydrogens is 219 g/mol. The lowest BCUT2D eigenvalue weighted by molar-refractivity contribution is -0.0427. The van der Waals surface area contributed by atoms with Crippen LogP contribution in [0.5, 0.6) is 0 Å². The third kappa shape index (κ3) is 2.20. The van der Waals surface area contributed by atoms with E-state index >= 15 is 0 Å². The third-order valence-corrected chi connectivity index (χ3v) is 3.62. The molecule has 2 atom stereocenters. The van der Waals surface area contributed by atoms with Gasteiger partial charge in [-0.1, -0.05) is 12.1 Å². The molecule has 1 aromatic rings. The lowest BCUT2D eigenvalue weighted by Crippen LogP contribution is -2.58. The number of nitrogens with zero attached hydrogens (tertiary/aromatic N) is 1. The fourth-order valence-electron chi connectivity index (χ4n) is 2.78. The molecule has 0 aliphatic carbocycles. The van der Waals surface area contributed by atoms with E-state index in [4.69, 9.17) is 4.74 Å². The summed E-state index contributed by atoms with van der Waals surface area (Å²) >= 11 is 0. The van der Waals surface area contributed by atoms with Gasteiger partial charge in [0, 0.05) is 31.7 Å². The molecule has 2 saturated heterocycles. The standard InChI is InChI=1S/C13H17FN2O/c14-11-3-1-2-10(6-11)13-8-15-7-12-9-17-5-4-16(12)13/h1-3,6,12-13,15H,4-5,7-9H2. The van der Waals surface area contributed by atoms with Gasteiger partial charge in [-0.15, -0.1) is 0 Å². The van der Waals surface area contributed by atoms with E-state index < -0.39 is 0 Å². The molecule has 0 radical (unpaired) electrons. The van der Waals surface area contributed by atoms with Crippen LogP contribution in [-0.4, -0.2) is 43.8 Å². The van der Waals surface area contributed by atoms with Crippen LogP contribution in [0.1, 0.15) is 11.6 Å². The van der Waals surface area contributed by atoms with Crippen LogP contribution in [0, 0.1) is 5.82 Å². The Morgan fingerprint density at radius 1 is 1.35 bits per heavy atom. The van der Waals surface area contributed by atoms with Crippen molar-refractivity contribution < 1.29 is 9.13 Å². The number of ether oxygens (including phenoxy) is 1. The first kappa shape index (κ1) is 11.1. The first-order chi connectivity index (χ1) is 8.34. The van der Waals surface area contributed by atoms with Gasteiger partial charge in [-0.05, 0) is 17.7 Å². The minimum absolute atomic E-state index is 0.155. The van der Waals surface area contributed by atoms with E-state index in [-0.39, 0.29) is 11.9 Å². The highest BCUT2D eigenvalue weighted by Crippen LogP contribution is 2.27. The van der Waals surface area contributed by atoms with Gasteiger partial charge in [0.1, 0.15) is 5.82 Å². The fourth-order valence-corrected chi connectivity index (χ4v) is 2.78. The fraction of sp³-hybridized carbons (Fsp3) is 0.538. The monoisotopic (exact) mass is 236 g/mol. The van der Waals surface area contributed by atoms with Crippen LogP contribution in [0.4, 0.5) is 4.39 Å². The number of halogens is 1. The number of hydrogen-bond donors (Lipinski definition) is 1. The van der Waals surface area contributed by atoms with Crippen molar-refractivity contribution in [3.8, 4) is 0 Å². The molecule has 2 aliphatic rings. The number of rotatable bonds is 1. The average molecular weight is 236 g/mol. The summed E-state index contributed by atoms with van der Waals surface area (Å²) in [6.07, 6.45) is 0. The van der Waals surface area contributed by atoms with Crippen molar-refractivity contribution in [2.45, 2.75) is 12.1 Å².